The van der Waals surface area contributed by atoms with E-state index in [0.717, 1.165) is 11.8 Å². The van der Waals surface area contributed by atoms with Crippen LogP contribution in [0.1, 0.15) is 0 Å². The fraction of sp³-hybridized carbons (Fsp3) is 0.333. The summed E-state index contributed by atoms with van der Waals surface area (Å²) >= 11 is 0.731. The van der Waals surface area contributed by atoms with Crippen molar-refractivity contribution in [2.45, 2.75) is 0 Å². The maximum Gasteiger partial charge on any atom is 0.321 e. The first kappa shape index (κ1) is 10.5. The molecule has 2 rings (SSSR count). The molecule has 0 aromatic carbocycles. The van der Waals surface area contributed by atoms with E-state index in [1.807, 2.05) is 5.32 Å². The molecule has 8 heteroatoms. The average molecular weight is 217 g/mol. The number of carbonyl (C=O) groups excluding carboxylic acids is 4. The zero-order valence-corrected chi connectivity index (χ0v) is 7.77. The number of thioether (sulfide) groups is 1. The van der Waals surface area contributed by atoms with Crippen LogP contribution in [0.3, 0.4) is 0 Å². The zero-order chi connectivity index (χ0) is 10.6. The van der Waals surface area contributed by atoms with E-state index >= 15 is 0 Å². The molecule has 0 aliphatic carbocycles. The first-order chi connectivity index (χ1) is 6.58. The highest BCUT2D eigenvalue weighted by molar-refractivity contribution is 8.26. The first-order valence-corrected chi connectivity index (χ1v) is 4.46. The Hall–Kier alpha value is -1.57. The summed E-state index contributed by atoms with van der Waals surface area (Å²) in [6.45, 7) is 0.322. The Labute approximate surface area is 83.0 Å². The van der Waals surface area contributed by atoms with Gasteiger partial charge >= 0.3 is 6.03 Å². The Balaban J connectivity index is 0.000000140. The van der Waals surface area contributed by atoms with Gasteiger partial charge in [-0.15, -0.1) is 0 Å². The summed E-state index contributed by atoms with van der Waals surface area (Å²) in [5, 5.41) is 6.32. The van der Waals surface area contributed by atoms with Crippen molar-refractivity contribution >= 4 is 34.1 Å². The highest BCUT2D eigenvalue weighted by Gasteiger charge is 2.17. The lowest BCUT2D eigenvalue weighted by molar-refractivity contribution is -0.117. The van der Waals surface area contributed by atoms with Crippen molar-refractivity contribution in [2.24, 2.45) is 0 Å². The minimum atomic E-state index is -0.398. The minimum Gasteiger partial charge on any atom is -0.339 e. The van der Waals surface area contributed by atoms with Crippen LogP contribution in [0.15, 0.2) is 0 Å². The fourth-order valence-corrected chi connectivity index (χ4v) is 1.19. The van der Waals surface area contributed by atoms with Crippen LogP contribution in [0, 0.1) is 0 Å². The van der Waals surface area contributed by atoms with Crippen molar-refractivity contribution in [1.82, 2.24) is 16.0 Å². The van der Waals surface area contributed by atoms with Crippen molar-refractivity contribution in [1.29, 1.82) is 0 Å². The predicted molar refractivity (Wildman–Crippen MR) is 47.5 cm³/mol. The lowest BCUT2D eigenvalue weighted by Gasteiger charge is -1.78. The molecule has 2 heterocycles. The van der Waals surface area contributed by atoms with Crippen molar-refractivity contribution in [3.63, 3.8) is 0 Å². The summed E-state index contributed by atoms with van der Waals surface area (Å²) < 4.78 is 0. The van der Waals surface area contributed by atoms with Gasteiger partial charge in [0.2, 0.25) is 11.0 Å². The summed E-state index contributed by atoms with van der Waals surface area (Å²) in [5.74, 6) is -0.259. The van der Waals surface area contributed by atoms with Gasteiger partial charge in [-0.05, 0) is 0 Å². The van der Waals surface area contributed by atoms with Crippen LogP contribution in [0.5, 0.6) is 0 Å². The molecule has 2 saturated heterocycles. The third-order valence-electron chi connectivity index (χ3n) is 1.25. The second-order valence-electron chi connectivity index (χ2n) is 2.35. The smallest absolute Gasteiger partial charge is 0.321 e. The molecule has 0 aromatic heterocycles. The molecule has 0 aromatic rings. The van der Waals surface area contributed by atoms with Crippen molar-refractivity contribution < 1.29 is 19.2 Å². The fourth-order valence-electron chi connectivity index (χ4n) is 0.695. The van der Waals surface area contributed by atoms with Gasteiger partial charge in [-0.2, -0.15) is 0 Å². The number of hydrogen-bond acceptors (Lipinski definition) is 5. The molecule has 7 nitrogen and oxygen atoms in total. The van der Waals surface area contributed by atoms with Crippen LogP contribution >= 0.6 is 11.8 Å². The molecular weight excluding hydrogens is 210 g/mol. The van der Waals surface area contributed by atoms with E-state index < -0.39 is 6.03 Å². The SMILES string of the molecule is O=C1CNC(=O)N1.O=C1CNC(=O)S1. The number of nitrogens with one attached hydrogen (secondary N) is 3. The van der Waals surface area contributed by atoms with E-state index in [1.165, 1.54) is 0 Å². The molecule has 0 spiro atoms. The van der Waals surface area contributed by atoms with Gasteiger partial charge in [-0.25, -0.2) is 4.79 Å². The van der Waals surface area contributed by atoms with Crippen LogP contribution in [-0.2, 0) is 9.59 Å². The van der Waals surface area contributed by atoms with Crippen LogP contribution < -0.4 is 16.0 Å². The van der Waals surface area contributed by atoms with Gasteiger partial charge in [0, 0.05) is 11.8 Å². The molecule has 2 aliphatic heterocycles. The van der Waals surface area contributed by atoms with Gasteiger partial charge in [0.05, 0.1) is 13.1 Å². The molecule has 0 radical (unpaired) electrons. The molecule has 0 saturated carbocycles. The van der Waals surface area contributed by atoms with Gasteiger partial charge in [0.1, 0.15) is 0 Å². The standard InChI is InChI=1S/C3H4N2O2.C3H3NO2S/c6-2-1-4-3(7)5-2;5-2-1-4-3(6)7-2/h1H2,(H2,4,5,6,7);1H2,(H,4,6). The van der Waals surface area contributed by atoms with Gasteiger partial charge in [0.25, 0.3) is 5.24 Å². The predicted octanol–water partition coefficient (Wildman–Crippen LogP) is -1.20. The summed E-state index contributed by atoms with van der Waals surface area (Å²) in [6.07, 6.45) is 0. The Morgan fingerprint density at radius 3 is 1.86 bits per heavy atom. The Morgan fingerprint density at radius 1 is 1.00 bits per heavy atom. The number of urea groups is 1. The summed E-state index contributed by atoms with van der Waals surface area (Å²) in [6, 6.07) is -0.398. The van der Waals surface area contributed by atoms with Crippen LogP contribution in [0.2, 0.25) is 0 Å². The van der Waals surface area contributed by atoms with E-state index in [0.29, 0.717) is 0 Å². The number of carbonyl (C=O) groups is 4. The van der Waals surface area contributed by atoms with E-state index in [9.17, 15) is 19.2 Å². The highest BCUT2D eigenvalue weighted by atomic mass is 32.2. The third kappa shape index (κ3) is 3.44. The highest BCUT2D eigenvalue weighted by Crippen LogP contribution is 2.07. The molecule has 76 valence electrons. The van der Waals surface area contributed by atoms with Crippen molar-refractivity contribution in [2.75, 3.05) is 13.1 Å². The number of rotatable bonds is 0. The van der Waals surface area contributed by atoms with Crippen molar-refractivity contribution in [3.05, 3.63) is 0 Å². The molecule has 0 atom stereocenters. The molecule has 0 unspecified atom stereocenters. The maximum atomic E-state index is 10.1. The van der Waals surface area contributed by atoms with Crippen LogP contribution in [0.4, 0.5) is 9.59 Å². The lowest BCUT2D eigenvalue weighted by Crippen LogP contribution is -2.22. The normalized spacial score (nSPS) is 19.4. The second kappa shape index (κ2) is 4.61. The lowest BCUT2D eigenvalue weighted by atomic mass is 10.7. The molecule has 4 amide bonds. The van der Waals surface area contributed by atoms with Crippen molar-refractivity contribution in [3.8, 4) is 0 Å². The Kier molecular flexibility index (Phi) is 3.46. The van der Waals surface area contributed by atoms with Gasteiger partial charge in [0.15, 0.2) is 0 Å². The Bertz CT molecular complexity index is 245. The van der Waals surface area contributed by atoms with E-state index in [2.05, 4.69) is 10.6 Å². The molecule has 14 heavy (non-hydrogen) atoms. The monoisotopic (exact) mass is 217 g/mol. The number of imide groups is 1. The zero-order valence-electron chi connectivity index (χ0n) is 6.96. The van der Waals surface area contributed by atoms with Crippen LogP contribution in [-0.4, -0.2) is 35.4 Å². The maximum absolute atomic E-state index is 10.1. The van der Waals surface area contributed by atoms with E-state index in [4.69, 9.17) is 0 Å². The molecule has 0 bridgehead atoms. The average Bonchev–Trinajstić information content (AvgIpc) is 2.63. The van der Waals surface area contributed by atoms with Gasteiger partial charge in [-0.3, -0.25) is 19.7 Å². The quantitative estimate of drug-likeness (QED) is 0.442. The minimum absolute atomic E-state index is 0.0926. The summed E-state index contributed by atoms with van der Waals surface area (Å²) in [5.41, 5.74) is 0. The number of hydrogen-bond donors (Lipinski definition) is 3. The Morgan fingerprint density at radius 2 is 1.71 bits per heavy atom. The topological polar surface area (TPSA) is 104 Å². The first-order valence-electron chi connectivity index (χ1n) is 3.64. The summed E-state index contributed by atoms with van der Waals surface area (Å²) in [7, 11) is 0. The van der Waals surface area contributed by atoms with E-state index in [-0.39, 0.29) is 29.4 Å². The third-order valence-corrected chi connectivity index (χ3v) is 1.95. The van der Waals surface area contributed by atoms with Gasteiger partial charge < -0.3 is 10.6 Å². The largest absolute Gasteiger partial charge is 0.339 e. The van der Waals surface area contributed by atoms with E-state index in [1.54, 1.807) is 0 Å². The molecule has 2 fully saturated rings. The van der Waals surface area contributed by atoms with Crippen LogP contribution in [0.25, 0.3) is 0 Å². The number of amides is 4. The molecule has 2 aliphatic rings. The summed E-state index contributed by atoms with van der Waals surface area (Å²) in [4.78, 5) is 40.3. The molecule has 3 N–H and O–H groups in total. The second-order valence-corrected chi connectivity index (χ2v) is 3.38. The molecular formula is C6H7N3O4S. The van der Waals surface area contributed by atoms with Gasteiger partial charge in [-0.1, -0.05) is 0 Å².